The highest BCUT2D eigenvalue weighted by atomic mass is 32.1. The molecule has 0 fully saturated rings. The second-order valence-corrected chi connectivity index (χ2v) is 8.68. The highest BCUT2D eigenvalue weighted by Crippen LogP contribution is 2.28. The van der Waals surface area contributed by atoms with Crippen LogP contribution in [0.1, 0.15) is 57.2 Å². The summed E-state index contributed by atoms with van der Waals surface area (Å²) in [7, 11) is 0. The number of rotatable bonds is 4. The Morgan fingerprint density at radius 1 is 1.07 bits per heavy atom. The first kappa shape index (κ1) is 20.3. The maximum absolute atomic E-state index is 12.5. The summed E-state index contributed by atoms with van der Waals surface area (Å²) < 4.78 is 5.69. The van der Waals surface area contributed by atoms with Gasteiger partial charge in [-0.1, -0.05) is 31.0 Å². The van der Waals surface area contributed by atoms with Crippen molar-refractivity contribution in [3.8, 4) is 11.5 Å². The Morgan fingerprint density at radius 3 is 2.63 bits per heavy atom. The summed E-state index contributed by atoms with van der Waals surface area (Å²) in [4.78, 5) is 31.2. The van der Waals surface area contributed by atoms with E-state index in [4.69, 9.17) is 4.42 Å². The SMILES string of the molecule is Cc1oc(-c2ccccc2)nc1CC(=O)NNC(=O)c1cc2c(s1)CCCCCC2. The molecule has 6 nitrogen and oxygen atoms in total. The lowest BCUT2D eigenvalue weighted by atomic mass is 10.00. The molecule has 4 rings (SSSR count). The molecular weight excluding hydrogens is 398 g/mol. The minimum absolute atomic E-state index is 0.0311. The summed E-state index contributed by atoms with van der Waals surface area (Å²) in [6.45, 7) is 1.78. The Bertz CT molecular complexity index is 1010. The molecule has 2 aromatic heterocycles. The summed E-state index contributed by atoms with van der Waals surface area (Å²) in [6.07, 6.45) is 6.94. The third kappa shape index (κ3) is 4.79. The summed E-state index contributed by atoms with van der Waals surface area (Å²) >= 11 is 1.53. The Kier molecular flexibility index (Phi) is 6.28. The molecule has 0 radical (unpaired) electrons. The summed E-state index contributed by atoms with van der Waals surface area (Å²) in [5.74, 6) is 0.459. The molecule has 1 aliphatic carbocycles. The predicted molar refractivity (Wildman–Crippen MR) is 116 cm³/mol. The summed E-state index contributed by atoms with van der Waals surface area (Å²) in [5.41, 5.74) is 7.72. The fraction of sp³-hybridized carbons (Fsp3) is 0.348. The zero-order valence-corrected chi connectivity index (χ0v) is 17.8. The molecule has 2 amide bonds. The highest BCUT2D eigenvalue weighted by molar-refractivity contribution is 7.14. The van der Waals surface area contributed by atoms with Crippen LogP contribution in [0.3, 0.4) is 0 Å². The van der Waals surface area contributed by atoms with Crippen molar-refractivity contribution in [3.63, 3.8) is 0 Å². The monoisotopic (exact) mass is 423 g/mol. The van der Waals surface area contributed by atoms with Crippen LogP contribution in [0.4, 0.5) is 0 Å². The van der Waals surface area contributed by atoms with E-state index < -0.39 is 0 Å². The van der Waals surface area contributed by atoms with Crippen LogP contribution >= 0.6 is 11.3 Å². The molecule has 2 heterocycles. The van der Waals surface area contributed by atoms with E-state index in [-0.39, 0.29) is 18.2 Å². The van der Waals surface area contributed by atoms with E-state index >= 15 is 0 Å². The van der Waals surface area contributed by atoms with E-state index in [1.54, 1.807) is 6.92 Å². The van der Waals surface area contributed by atoms with Crippen molar-refractivity contribution < 1.29 is 14.0 Å². The number of oxazole rings is 1. The number of benzene rings is 1. The Morgan fingerprint density at radius 2 is 1.83 bits per heavy atom. The van der Waals surface area contributed by atoms with Crippen LogP contribution in [0.15, 0.2) is 40.8 Å². The molecule has 0 unspecified atom stereocenters. The van der Waals surface area contributed by atoms with Crippen LogP contribution in [0.25, 0.3) is 11.5 Å². The van der Waals surface area contributed by atoms with Gasteiger partial charge in [0.05, 0.1) is 17.0 Å². The van der Waals surface area contributed by atoms with Gasteiger partial charge in [-0.25, -0.2) is 4.98 Å². The van der Waals surface area contributed by atoms with Crippen LogP contribution in [-0.4, -0.2) is 16.8 Å². The smallest absolute Gasteiger partial charge is 0.279 e. The molecule has 0 atom stereocenters. The molecule has 30 heavy (non-hydrogen) atoms. The molecule has 0 aliphatic heterocycles. The van der Waals surface area contributed by atoms with E-state index in [9.17, 15) is 9.59 Å². The van der Waals surface area contributed by atoms with Crippen molar-refractivity contribution in [1.29, 1.82) is 0 Å². The third-order valence-electron chi connectivity index (χ3n) is 5.28. The fourth-order valence-electron chi connectivity index (χ4n) is 3.64. The molecule has 0 spiro atoms. The number of fused-ring (bicyclic) bond motifs is 1. The lowest BCUT2D eigenvalue weighted by molar-refractivity contribution is -0.121. The summed E-state index contributed by atoms with van der Waals surface area (Å²) in [6, 6.07) is 11.5. The number of nitrogens with one attached hydrogen (secondary N) is 2. The van der Waals surface area contributed by atoms with Crippen LogP contribution in [0, 0.1) is 6.92 Å². The lowest BCUT2D eigenvalue weighted by Crippen LogP contribution is -2.42. The van der Waals surface area contributed by atoms with Crippen molar-refractivity contribution in [2.45, 2.75) is 51.9 Å². The largest absolute Gasteiger partial charge is 0.441 e. The van der Waals surface area contributed by atoms with Crippen LogP contribution < -0.4 is 10.9 Å². The van der Waals surface area contributed by atoms with E-state index in [1.807, 2.05) is 36.4 Å². The van der Waals surface area contributed by atoms with Crippen molar-refractivity contribution in [1.82, 2.24) is 15.8 Å². The topological polar surface area (TPSA) is 84.2 Å². The molecule has 0 saturated heterocycles. The standard InChI is InChI=1S/C23H25N3O3S/c1-15-18(24-23(29-15)16-9-6-4-7-10-16)14-21(27)25-26-22(28)20-13-17-11-5-2-3-8-12-19(17)30-20/h4,6-7,9-10,13H,2-3,5,8,11-12,14H2,1H3,(H,25,27)(H,26,28). The minimum Gasteiger partial charge on any atom is -0.441 e. The number of hydrogen-bond donors (Lipinski definition) is 2. The molecular formula is C23H25N3O3S. The average Bonchev–Trinajstić information content (AvgIpc) is 3.30. The molecule has 7 heteroatoms. The van der Waals surface area contributed by atoms with Gasteiger partial charge in [0, 0.05) is 10.4 Å². The Balaban J connectivity index is 1.34. The van der Waals surface area contributed by atoms with Gasteiger partial charge in [-0.3, -0.25) is 20.4 Å². The Labute approximate surface area is 179 Å². The number of hydrazine groups is 1. The first-order chi connectivity index (χ1) is 14.6. The zero-order chi connectivity index (χ0) is 20.9. The van der Waals surface area contributed by atoms with Gasteiger partial charge < -0.3 is 4.42 Å². The van der Waals surface area contributed by atoms with Gasteiger partial charge in [0.1, 0.15) is 5.76 Å². The number of amides is 2. The first-order valence-corrected chi connectivity index (χ1v) is 11.1. The highest BCUT2D eigenvalue weighted by Gasteiger charge is 2.18. The lowest BCUT2D eigenvalue weighted by Gasteiger charge is -2.07. The normalized spacial score (nSPS) is 13.8. The maximum Gasteiger partial charge on any atom is 0.279 e. The number of thiophene rings is 1. The van der Waals surface area contributed by atoms with Gasteiger partial charge in [0.15, 0.2) is 0 Å². The first-order valence-electron chi connectivity index (χ1n) is 10.3. The molecule has 0 bridgehead atoms. The van der Waals surface area contributed by atoms with Gasteiger partial charge in [-0.2, -0.15) is 0 Å². The van der Waals surface area contributed by atoms with Crippen LogP contribution in [0.5, 0.6) is 0 Å². The molecule has 3 aromatic rings. The molecule has 0 saturated carbocycles. The van der Waals surface area contributed by atoms with E-state index in [1.165, 1.54) is 47.5 Å². The zero-order valence-electron chi connectivity index (χ0n) is 17.0. The summed E-state index contributed by atoms with van der Waals surface area (Å²) in [5, 5.41) is 0. The fourth-order valence-corrected chi connectivity index (χ4v) is 4.79. The van der Waals surface area contributed by atoms with E-state index in [0.29, 0.717) is 22.2 Å². The number of aromatic nitrogens is 1. The van der Waals surface area contributed by atoms with E-state index in [0.717, 1.165) is 18.4 Å². The molecule has 2 N–H and O–H groups in total. The minimum atomic E-state index is -0.339. The van der Waals surface area contributed by atoms with Crippen LogP contribution in [0.2, 0.25) is 0 Å². The van der Waals surface area contributed by atoms with Crippen molar-refractivity contribution in [2.75, 3.05) is 0 Å². The van der Waals surface area contributed by atoms with Gasteiger partial charge in [0.25, 0.3) is 5.91 Å². The second-order valence-electron chi connectivity index (χ2n) is 7.54. The number of carbonyl (C=O) groups is 2. The van der Waals surface area contributed by atoms with E-state index in [2.05, 4.69) is 15.8 Å². The molecule has 1 aromatic carbocycles. The van der Waals surface area contributed by atoms with Gasteiger partial charge in [-0.05, 0) is 56.4 Å². The second kappa shape index (κ2) is 9.26. The molecule has 1 aliphatic rings. The molecule has 156 valence electrons. The third-order valence-corrected chi connectivity index (χ3v) is 6.51. The average molecular weight is 424 g/mol. The van der Waals surface area contributed by atoms with Crippen molar-refractivity contribution >= 4 is 23.2 Å². The predicted octanol–water partition coefficient (Wildman–Crippen LogP) is 4.37. The number of hydrogen-bond acceptors (Lipinski definition) is 5. The number of carbonyl (C=O) groups excluding carboxylic acids is 2. The van der Waals surface area contributed by atoms with Gasteiger partial charge >= 0.3 is 0 Å². The quantitative estimate of drug-likeness (QED) is 0.610. The maximum atomic E-state index is 12.5. The van der Waals surface area contributed by atoms with Crippen molar-refractivity contribution in [3.05, 3.63) is 63.2 Å². The van der Waals surface area contributed by atoms with Crippen LogP contribution in [-0.2, 0) is 24.1 Å². The number of nitrogens with zero attached hydrogens (tertiary/aromatic N) is 1. The number of aryl methyl sites for hydroxylation is 3. The Hall–Kier alpha value is -2.93. The van der Waals surface area contributed by atoms with Crippen molar-refractivity contribution in [2.24, 2.45) is 0 Å². The van der Waals surface area contributed by atoms with Gasteiger partial charge in [-0.15, -0.1) is 11.3 Å². The van der Waals surface area contributed by atoms with Gasteiger partial charge in [0.2, 0.25) is 11.8 Å².